The van der Waals surface area contributed by atoms with Gasteiger partial charge in [0.05, 0.1) is 4.21 Å². The lowest BCUT2D eigenvalue weighted by Crippen LogP contribution is -2.07. The molecule has 1 aliphatic rings. The first-order valence-corrected chi connectivity index (χ1v) is 6.51. The van der Waals surface area contributed by atoms with Crippen LogP contribution in [0.1, 0.15) is 5.56 Å². The van der Waals surface area contributed by atoms with E-state index in [0.29, 0.717) is 0 Å². The Hall–Kier alpha value is -1.06. The van der Waals surface area contributed by atoms with Crippen molar-refractivity contribution in [2.24, 2.45) is 0 Å². The van der Waals surface area contributed by atoms with Crippen molar-refractivity contribution in [3.05, 3.63) is 46.1 Å². The summed E-state index contributed by atoms with van der Waals surface area (Å²) >= 11 is 3.46. The molecule has 0 N–H and O–H groups in total. The minimum Gasteiger partial charge on any atom is -0.288 e. The zero-order valence-corrected chi connectivity index (χ0v) is 9.53. The van der Waals surface area contributed by atoms with Crippen LogP contribution in [0.4, 0.5) is 0 Å². The van der Waals surface area contributed by atoms with E-state index in [-0.39, 0.29) is 5.43 Å². The van der Waals surface area contributed by atoms with Gasteiger partial charge in [-0.2, -0.15) is 0 Å². The predicted octanol–water partition coefficient (Wildman–Crippen LogP) is 3.38. The van der Waals surface area contributed by atoms with Gasteiger partial charge in [0, 0.05) is 21.4 Å². The Bertz CT molecular complexity index is 611. The molecule has 15 heavy (non-hydrogen) atoms. The fourth-order valence-electron chi connectivity index (χ4n) is 1.68. The van der Waals surface area contributed by atoms with E-state index in [2.05, 4.69) is 6.08 Å². The Labute approximate surface area is 95.4 Å². The maximum Gasteiger partial charge on any atom is 0.196 e. The smallest absolute Gasteiger partial charge is 0.196 e. The number of rotatable bonds is 0. The third-order valence-corrected chi connectivity index (χ3v) is 4.82. The third-order valence-electron chi connectivity index (χ3n) is 2.39. The average molecular weight is 232 g/mol. The SMILES string of the molecule is O=c1c2c(sc3ccccc13)SCC=C2. The van der Waals surface area contributed by atoms with Gasteiger partial charge in [0.1, 0.15) is 0 Å². The highest BCUT2D eigenvalue weighted by Crippen LogP contribution is 2.33. The lowest BCUT2D eigenvalue weighted by Gasteiger charge is -2.08. The van der Waals surface area contributed by atoms with Crippen LogP contribution < -0.4 is 5.43 Å². The highest BCUT2D eigenvalue weighted by atomic mass is 32.2. The van der Waals surface area contributed by atoms with Gasteiger partial charge in [-0.05, 0) is 12.1 Å². The highest BCUT2D eigenvalue weighted by Gasteiger charge is 2.12. The molecule has 74 valence electrons. The lowest BCUT2D eigenvalue weighted by atomic mass is 10.2. The van der Waals surface area contributed by atoms with Crippen LogP contribution in [0.25, 0.3) is 16.2 Å². The van der Waals surface area contributed by atoms with Gasteiger partial charge in [-0.15, -0.1) is 23.1 Å². The Balaban J connectivity index is 2.48. The number of fused-ring (bicyclic) bond motifs is 2. The van der Waals surface area contributed by atoms with Gasteiger partial charge in [-0.3, -0.25) is 4.79 Å². The summed E-state index contributed by atoms with van der Waals surface area (Å²) in [6.45, 7) is 0. The van der Waals surface area contributed by atoms with E-state index in [1.165, 1.54) is 0 Å². The molecule has 1 aromatic carbocycles. The summed E-state index contributed by atoms with van der Waals surface area (Å²) in [7, 11) is 0. The molecule has 2 aromatic rings. The Morgan fingerprint density at radius 1 is 1.20 bits per heavy atom. The van der Waals surface area contributed by atoms with Gasteiger partial charge in [0.15, 0.2) is 5.43 Å². The molecule has 3 heteroatoms. The minimum atomic E-state index is 0.169. The number of thioether (sulfide) groups is 1. The number of hydrogen-bond donors (Lipinski definition) is 0. The van der Waals surface area contributed by atoms with Crippen LogP contribution in [0.5, 0.6) is 0 Å². The van der Waals surface area contributed by atoms with Gasteiger partial charge in [0.25, 0.3) is 0 Å². The first-order valence-electron chi connectivity index (χ1n) is 4.71. The topological polar surface area (TPSA) is 17.1 Å². The molecule has 3 rings (SSSR count). The zero-order chi connectivity index (χ0) is 10.3. The Morgan fingerprint density at radius 3 is 3.00 bits per heavy atom. The second-order valence-electron chi connectivity index (χ2n) is 3.34. The molecule has 0 aliphatic carbocycles. The standard InChI is InChI=1S/C12H8OS2/c13-11-8-4-1-2-6-10(8)15-12-9(11)5-3-7-14-12/h1-6H,7H2. The number of hydrogen-bond acceptors (Lipinski definition) is 3. The minimum absolute atomic E-state index is 0.169. The molecule has 0 saturated carbocycles. The first kappa shape index (κ1) is 9.19. The van der Waals surface area contributed by atoms with Gasteiger partial charge < -0.3 is 0 Å². The van der Waals surface area contributed by atoms with E-state index in [9.17, 15) is 4.79 Å². The van der Waals surface area contributed by atoms with E-state index in [1.807, 2.05) is 30.3 Å². The lowest BCUT2D eigenvalue weighted by molar-refractivity contribution is 1.50. The molecule has 1 aromatic heterocycles. The maximum atomic E-state index is 12.1. The van der Waals surface area contributed by atoms with Crippen molar-refractivity contribution < 1.29 is 0 Å². The molecule has 0 radical (unpaired) electrons. The summed E-state index contributed by atoms with van der Waals surface area (Å²) in [6.07, 6.45) is 4.01. The Morgan fingerprint density at radius 2 is 2.07 bits per heavy atom. The molecule has 0 unspecified atom stereocenters. The van der Waals surface area contributed by atoms with E-state index in [0.717, 1.165) is 25.6 Å². The third kappa shape index (κ3) is 1.43. The van der Waals surface area contributed by atoms with Crippen LogP contribution in [0.2, 0.25) is 0 Å². The van der Waals surface area contributed by atoms with Crippen molar-refractivity contribution in [3.8, 4) is 0 Å². The highest BCUT2D eigenvalue weighted by molar-refractivity contribution is 8.01. The summed E-state index contributed by atoms with van der Waals surface area (Å²) in [6, 6.07) is 7.82. The molecule has 1 nitrogen and oxygen atoms in total. The van der Waals surface area contributed by atoms with E-state index in [1.54, 1.807) is 23.1 Å². The average Bonchev–Trinajstić information content (AvgIpc) is 2.30. The molecule has 0 fully saturated rings. The van der Waals surface area contributed by atoms with Crippen LogP contribution in [-0.2, 0) is 0 Å². The molecule has 0 bridgehead atoms. The molecule has 0 atom stereocenters. The van der Waals surface area contributed by atoms with Gasteiger partial charge >= 0.3 is 0 Å². The maximum absolute atomic E-state index is 12.1. The molecular formula is C12H8OS2. The monoisotopic (exact) mass is 232 g/mol. The van der Waals surface area contributed by atoms with Gasteiger partial charge in [-0.25, -0.2) is 0 Å². The van der Waals surface area contributed by atoms with Crippen LogP contribution >= 0.6 is 23.1 Å². The van der Waals surface area contributed by atoms with Crippen LogP contribution in [0.3, 0.4) is 0 Å². The first-order chi connectivity index (χ1) is 7.36. The molecule has 2 heterocycles. The van der Waals surface area contributed by atoms with Crippen LogP contribution in [0.15, 0.2) is 39.3 Å². The van der Waals surface area contributed by atoms with E-state index < -0.39 is 0 Å². The molecule has 0 spiro atoms. The van der Waals surface area contributed by atoms with Crippen molar-refractivity contribution in [1.29, 1.82) is 0 Å². The van der Waals surface area contributed by atoms with Crippen molar-refractivity contribution in [2.45, 2.75) is 4.21 Å². The normalized spacial score (nSPS) is 14.1. The molecule has 0 amide bonds. The fraction of sp³-hybridized carbons (Fsp3) is 0.0833. The van der Waals surface area contributed by atoms with Gasteiger partial charge in [-0.1, -0.05) is 24.3 Å². The second-order valence-corrected chi connectivity index (χ2v) is 5.68. The summed E-state index contributed by atoms with van der Waals surface area (Å²) in [5.41, 5.74) is 1.04. The summed E-state index contributed by atoms with van der Waals surface area (Å²) in [4.78, 5) is 12.1. The van der Waals surface area contributed by atoms with Crippen molar-refractivity contribution in [2.75, 3.05) is 5.75 Å². The van der Waals surface area contributed by atoms with Crippen LogP contribution in [-0.4, -0.2) is 5.75 Å². The number of benzene rings is 1. The largest absolute Gasteiger partial charge is 0.288 e. The quantitative estimate of drug-likeness (QED) is 0.692. The van der Waals surface area contributed by atoms with Crippen molar-refractivity contribution in [3.63, 3.8) is 0 Å². The van der Waals surface area contributed by atoms with Crippen molar-refractivity contribution >= 4 is 39.3 Å². The zero-order valence-electron chi connectivity index (χ0n) is 7.90. The second kappa shape index (κ2) is 3.51. The summed E-state index contributed by atoms with van der Waals surface area (Å²) < 4.78 is 2.24. The van der Waals surface area contributed by atoms with E-state index >= 15 is 0 Å². The van der Waals surface area contributed by atoms with E-state index in [4.69, 9.17) is 0 Å². The van der Waals surface area contributed by atoms with Gasteiger partial charge in [0.2, 0.25) is 0 Å². The molecular weight excluding hydrogens is 224 g/mol. The fourth-order valence-corrected chi connectivity index (χ4v) is 3.93. The summed E-state index contributed by atoms with van der Waals surface area (Å²) in [5, 5.41) is 0.841. The van der Waals surface area contributed by atoms with Crippen molar-refractivity contribution in [1.82, 2.24) is 0 Å². The summed E-state index contributed by atoms with van der Waals surface area (Å²) in [5.74, 6) is 0.973. The molecule has 0 saturated heterocycles. The Kier molecular flexibility index (Phi) is 2.15. The van der Waals surface area contributed by atoms with Crippen LogP contribution in [0, 0.1) is 0 Å². The predicted molar refractivity (Wildman–Crippen MR) is 67.9 cm³/mol. The molecule has 1 aliphatic heterocycles.